The van der Waals surface area contributed by atoms with Crippen molar-refractivity contribution in [2.45, 2.75) is 50.2 Å². The highest BCUT2D eigenvalue weighted by molar-refractivity contribution is 5.89. The number of rotatable bonds is 4. The Balaban J connectivity index is 1.99. The van der Waals surface area contributed by atoms with E-state index in [1.807, 2.05) is 0 Å². The van der Waals surface area contributed by atoms with Crippen molar-refractivity contribution in [2.24, 2.45) is 0 Å². The molecule has 1 aromatic carbocycles. The lowest BCUT2D eigenvalue weighted by Gasteiger charge is -2.32. The van der Waals surface area contributed by atoms with E-state index >= 15 is 0 Å². The van der Waals surface area contributed by atoms with E-state index < -0.39 is 29.6 Å². The molecule has 2 N–H and O–H groups in total. The molecule has 0 aromatic heterocycles. The maximum Gasteiger partial charge on any atom is 0.435 e. The number of likely N-dealkylation sites (tertiary alicyclic amines) is 1. The lowest BCUT2D eigenvalue weighted by molar-refractivity contribution is -0.348. The van der Waals surface area contributed by atoms with Gasteiger partial charge >= 0.3 is 24.1 Å². The first-order valence-corrected chi connectivity index (χ1v) is 9.07. The van der Waals surface area contributed by atoms with Crippen molar-refractivity contribution < 1.29 is 40.3 Å². The average Bonchev–Trinajstić information content (AvgIpc) is 2.66. The van der Waals surface area contributed by atoms with Crippen molar-refractivity contribution in [3.8, 4) is 0 Å². The van der Waals surface area contributed by atoms with Crippen molar-refractivity contribution >= 4 is 17.6 Å². The summed E-state index contributed by atoms with van der Waals surface area (Å²) in [5.74, 6) is -0.000330. The van der Waals surface area contributed by atoms with Crippen LogP contribution in [-0.4, -0.2) is 48.3 Å². The number of benzene rings is 1. The molecule has 1 saturated heterocycles. The van der Waals surface area contributed by atoms with Crippen molar-refractivity contribution in [1.82, 2.24) is 10.2 Å². The Bertz CT molecular complexity index is 741. The third-order valence-electron chi connectivity index (χ3n) is 4.81. The molecule has 0 unspecified atom stereocenters. The summed E-state index contributed by atoms with van der Waals surface area (Å²) in [5.41, 5.74) is -7.27. The topological polar surface area (TPSA) is 61.4 Å². The molecule has 0 saturated carbocycles. The monoisotopic (exact) mass is 443 g/mol. The van der Waals surface area contributed by atoms with E-state index in [-0.39, 0.29) is 17.6 Å². The van der Waals surface area contributed by atoms with E-state index in [2.05, 4.69) is 10.6 Å². The SMILES string of the molecule is CCC(=O)N1CCC(NC(=O)Nc2ccc(C(F)(C(F)(F)F)C(F)(F)F)cc2)CC1. The minimum atomic E-state index is -6.20. The molecule has 168 valence electrons. The van der Waals surface area contributed by atoms with E-state index in [1.165, 1.54) is 0 Å². The third kappa shape index (κ3) is 4.96. The fraction of sp³-hybridized carbons (Fsp3) is 0.556. The number of carbonyl (C=O) groups excluding carboxylic acids is 2. The average molecular weight is 443 g/mol. The normalized spacial score (nSPS) is 16.3. The van der Waals surface area contributed by atoms with Crippen LogP contribution in [0.3, 0.4) is 0 Å². The molecule has 12 heteroatoms. The van der Waals surface area contributed by atoms with Crippen molar-refractivity contribution in [2.75, 3.05) is 18.4 Å². The largest absolute Gasteiger partial charge is 0.435 e. The zero-order valence-corrected chi connectivity index (χ0v) is 15.8. The summed E-state index contributed by atoms with van der Waals surface area (Å²) < 4.78 is 90.5. The van der Waals surface area contributed by atoms with Gasteiger partial charge in [0.2, 0.25) is 5.91 Å². The molecule has 0 bridgehead atoms. The number of alkyl halides is 7. The van der Waals surface area contributed by atoms with Gasteiger partial charge in [-0.25, -0.2) is 9.18 Å². The van der Waals surface area contributed by atoms with Gasteiger partial charge in [0.05, 0.1) is 0 Å². The number of hydrogen-bond acceptors (Lipinski definition) is 2. The van der Waals surface area contributed by atoms with Gasteiger partial charge in [-0.15, -0.1) is 0 Å². The molecular weight excluding hydrogens is 423 g/mol. The van der Waals surface area contributed by atoms with Gasteiger partial charge in [0.1, 0.15) is 0 Å². The fourth-order valence-corrected chi connectivity index (χ4v) is 3.12. The molecule has 1 fully saturated rings. The van der Waals surface area contributed by atoms with E-state index in [4.69, 9.17) is 0 Å². The van der Waals surface area contributed by atoms with Crippen LogP contribution in [0.25, 0.3) is 0 Å². The number of amides is 3. The van der Waals surface area contributed by atoms with Crippen LogP contribution in [-0.2, 0) is 10.5 Å². The smallest absolute Gasteiger partial charge is 0.343 e. The minimum Gasteiger partial charge on any atom is -0.343 e. The Morgan fingerprint density at radius 1 is 0.967 bits per heavy atom. The Morgan fingerprint density at radius 2 is 1.47 bits per heavy atom. The molecule has 0 aliphatic carbocycles. The quantitative estimate of drug-likeness (QED) is 0.674. The van der Waals surface area contributed by atoms with E-state index in [1.54, 1.807) is 11.8 Å². The molecule has 0 atom stereocenters. The molecule has 5 nitrogen and oxygen atoms in total. The Morgan fingerprint density at radius 3 is 1.90 bits per heavy atom. The zero-order chi connectivity index (χ0) is 22.7. The molecular formula is C18H20F7N3O2. The van der Waals surface area contributed by atoms with Gasteiger partial charge in [-0.3, -0.25) is 4.79 Å². The summed E-state index contributed by atoms with van der Waals surface area (Å²) in [6.07, 6.45) is -11.0. The van der Waals surface area contributed by atoms with Crippen LogP contribution in [0, 0.1) is 0 Å². The predicted molar refractivity (Wildman–Crippen MR) is 93.4 cm³/mol. The van der Waals surface area contributed by atoms with Gasteiger partial charge in [0.15, 0.2) is 0 Å². The summed E-state index contributed by atoms with van der Waals surface area (Å²) in [4.78, 5) is 25.3. The molecule has 3 amide bonds. The minimum absolute atomic E-state index is 0.000330. The van der Waals surface area contributed by atoms with E-state index in [0.717, 1.165) is 12.1 Å². The number of halogens is 7. The predicted octanol–water partition coefficient (Wildman–Crippen LogP) is 4.50. The molecule has 30 heavy (non-hydrogen) atoms. The van der Waals surface area contributed by atoms with Crippen LogP contribution < -0.4 is 10.6 Å². The molecule has 2 rings (SSSR count). The first-order chi connectivity index (χ1) is 13.8. The standard InChI is InChI=1S/C18H20F7N3O2/c1-2-14(29)28-9-7-13(8-10-28)27-15(30)26-12-5-3-11(4-6-12)16(19,17(20,21)22)18(23,24)25/h3-6,13H,2,7-10H2,1H3,(H2,26,27,30). The van der Waals surface area contributed by atoms with Gasteiger partial charge < -0.3 is 15.5 Å². The van der Waals surface area contributed by atoms with Crippen molar-refractivity contribution in [1.29, 1.82) is 0 Å². The highest BCUT2D eigenvalue weighted by Crippen LogP contribution is 2.53. The summed E-state index contributed by atoms with van der Waals surface area (Å²) in [7, 11) is 0. The fourth-order valence-electron chi connectivity index (χ4n) is 3.12. The van der Waals surface area contributed by atoms with Crippen molar-refractivity contribution in [3.63, 3.8) is 0 Å². The van der Waals surface area contributed by atoms with Crippen LogP contribution >= 0.6 is 0 Å². The number of hydrogen-bond donors (Lipinski definition) is 2. The van der Waals surface area contributed by atoms with Gasteiger partial charge in [0.25, 0.3) is 0 Å². The molecule has 0 radical (unpaired) electrons. The maximum absolute atomic E-state index is 14.0. The highest BCUT2D eigenvalue weighted by atomic mass is 19.4. The molecule has 1 aromatic rings. The van der Waals surface area contributed by atoms with Gasteiger partial charge in [-0.05, 0) is 25.0 Å². The number of carbonyl (C=O) groups is 2. The summed E-state index contributed by atoms with van der Waals surface area (Å²) >= 11 is 0. The van der Waals surface area contributed by atoms with Crippen LogP contribution in [0.15, 0.2) is 24.3 Å². The number of piperidine rings is 1. The van der Waals surface area contributed by atoms with Gasteiger partial charge in [-0.2, -0.15) is 26.3 Å². The summed E-state index contributed by atoms with van der Waals surface area (Å²) in [6.45, 7) is 2.65. The molecule has 1 heterocycles. The highest BCUT2D eigenvalue weighted by Gasteiger charge is 2.73. The second kappa shape index (κ2) is 8.68. The second-order valence-corrected chi connectivity index (χ2v) is 6.84. The first-order valence-electron chi connectivity index (χ1n) is 9.07. The number of nitrogens with one attached hydrogen (secondary N) is 2. The second-order valence-electron chi connectivity index (χ2n) is 6.84. The van der Waals surface area contributed by atoms with Crippen molar-refractivity contribution in [3.05, 3.63) is 29.8 Å². The van der Waals surface area contributed by atoms with E-state index in [0.29, 0.717) is 44.5 Å². The summed E-state index contributed by atoms with van der Waals surface area (Å²) in [5, 5.41) is 4.89. The van der Waals surface area contributed by atoms with Crippen LogP contribution in [0.1, 0.15) is 31.7 Å². The summed E-state index contributed by atoms with van der Waals surface area (Å²) in [6, 6.07) is 1.18. The number of nitrogens with zero attached hydrogens (tertiary/aromatic N) is 1. The Kier molecular flexibility index (Phi) is 6.87. The Labute approximate surface area is 167 Å². The molecule has 1 aliphatic rings. The zero-order valence-electron chi connectivity index (χ0n) is 15.8. The first kappa shape index (κ1) is 23.7. The molecule has 0 spiro atoms. The number of urea groups is 1. The number of anilines is 1. The van der Waals surface area contributed by atoms with Crippen LogP contribution in [0.4, 0.5) is 41.2 Å². The van der Waals surface area contributed by atoms with Crippen LogP contribution in [0.2, 0.25) is 0 Å². The third-order valence-corrected chi connectivity index (χ3v) is 4.81. The van der Waals surface area contributed by atoms with Gasteiger partial charge in [-0.1, -0.05) is 19.1 Å². The lowest BCUT2D eigenvalue weighted by Crippen LogP contribution is -2.50. The van der Waals surface area contributed by atoms with Crippen LogP contribution in [0.5, 0.6) is 0 Å². The van der Waals surface area contributed by atoms with Gasteiger partial charge in [0, 0.05) is 36.8 Å². The Hall–Kier alpha value is -2.53. The lowest BCUT2D eigenvalue weighted by atomic mass is 9.94. The molecule has 1 aliphatic heterocycles. The van der Waals surface area contributed by atoms with E-state index in [9.17, 15) is 40.3 Å². The maximum atomic E-state index is 14.0.